The van der Waals surface area contributed by atoms with Gasteiger partial charge >= 0.3 is 0 Å². The van der Waals surface area contributed by atoms with Crippen LogP contribution >= 0.6 is 0 Å². The highest BCUT2D eigenvalue weighted by atomic mass is 16.4. The van der Waals surface area contributed by atoms with Gasteiger partial charge in [-0.3, -0.25) is 4.79 Å². The predicted octanol–water partition coefficient (Wildman–Crippen LogP) is 5.45. The number of rotatable bonds is 3. The number of aliphatic hydroxyl groups is 1. The van der Waals surface area contributed by atoms with Crippen molar-refractivity contribution < 1.29 is 19.8 Å². The average Bonchev–Trinajstić information content (AvgIpc) is 2.91. The zero-order valence-electron chi connectivity index (χ0n) is 18.6. The van der Waals surface area contributed by atoms with Crippen molar-refractivity contribution in [3.8, 4) is 0 Å². The van der Waals surface area contributed by atoms with Crippen molar-refractivity contribution in [2.24, 2.45) is 22.7 Å². The summed E-state index contributed by atoms with van der Waals surface area (Å²) in [5.41, 5.74) is 2.97. The quantitative estimate of drug-likeness (QED) is 0.616. The number of ketones is 1. The maximum atomic E-state index is 11.5. The third-order valence-electron chi connectivity index (χ3n) is 8.61. The van der Waals surface area contributed by atoms with Crippen molar-refractivity contribution >= 4 is 11.8 Å². The van der Waals surface area contributed by atoms with Gasteiger partial charge in [-0.15, -0.1) is 0 Å². The van der Waals surface area contributed by atoms with Gasteiger partial charge in [0.2, 0.25) is 0 Å². The van der Waals surface area contributed by atoms with Crippen LogP contribution in [0.2, 0.25) is 0 Å². The Labute approximate surface area is 175 Å². The summed E-state index contributed by atoms with van der Waals surface area (Å²) in [6.45, 7) is 7.53. The minimum Gasteiger partial charge on any atom is -0.481 e. The Morgan fingerprint density at radius 2 is 1.83 bits per heavy atom. The Bertz CT molecular complexity index is 731. The highest BCUT2D eigenvalue weighted by molar-refractivity contribution is 5.75. The van der Waals surface area contributed by atoms with E-state index in [0.717, 1.165) is 26.2 Å². The normalized spacial score (nSPS) is 40.3. The molecule has 2 saturated carbocycles. The number of hydrogen-bond acceptors (Lipinski definition) is 3. The maximum absolute atomic E-state index is 11.5. The van der Waals surface area contributed by atoms with Gasteiger partial charge < -0.3 is 15.0 Å². The molecule has 0 aromatic rings. The molecule has 162 valence electrons. The minimum atomic E-state index is -0.833. The van der Waals surface area contributed by atoms with E-state index in [4.69, 9.17) is 9.90 Å². The highest BCUT2D eigenvalue weighted by Gasteiger charge is 2.61. The van der Waals surface area contributed by atoms with Gasteiger partial charge in [-0.2, -0.15) is 0 Å². The van der Waals surface area contributed by atoms with Gasteiger partial charge in [-0.05, 0) is 76.5 Å². The lowest BCUT2D eigenvalue weighted by atomic mass is 9.50. The van der Waals surface area contributed by atoms with Crippen LogP contribution < -0.4 is 0 Å². The molecule has 5 atom stereocenters. The summed E-state index contributed by atoms with van der Waals surface area (Å²) < 4.78 is 0. The second-order valence-electron chi connectivity index (χ2n) is 10.3. The summed E-state index contributed by atoms with van der Waals surface area (Å²) in [6, 6.07) is 0. The molecule has 2 fully saturated rings. The number of carboxylic acids is 1. The number of Topliss-reactive ketones (excluding diaryl/α,β-unsaturated/α-hetero) is 1. The number of carboxylic acid groups (broad SMARTS) is 1. The summed E-state index contributed by atoms with van der Waals surface area (Å²) in [4.78, 5) is 20.5. The Morgan fingerprint density at radius 1 is 1.14 bits per heavy atom. The Hall–Kier alpha value is -1.42. The monoisotopic (exact) mass is 402 g/mol. The Balaban J connectivity index is 0.000000552. The SMILES string of the molecule is CC(=O)CC[C@@]1(O)CC[C@H]2[C@@H]3CCC4=CCCC[C@]4(C)C3=CC[C@@]21C.CC(=O)O. The summed E-state index contributed by atoms with van der Waals surface area (Å²) in [7, 11) is 0. The fourth-order valence-electron chi connectivity index (χ4n) is 6.94. The van der Waals surface area contributed by atoms with Crippen LogP contribution in [0.5, 0.6) is 0 Å². The third kappa shape index (κ3) is 3.85. The number of carbonyl (C=O) groups excluding carboxylic acids is 1. The van der Waals surface area contributed by atoms with E-state index in [1.807, 2.05) is 0 Å². The first-order valence-corrected chi connectivity index (χ1v) is 11.3. The molecule has 0 aromatic heterocycles. The van der Waals surface area contributed by atoms with Crippen molar-refractivity contribution in [3.63, 3.8) is 0 Å². The Morgan fingerprint density at radius 3 is 2.48 bits per heavy atom. The zero-order chi connectivity index (χ0) is 21.4. The van der Waals surface area contributed by atoms with Crippen molar-refractivity contribution in [2.45, 2.75) is 97.5 Å². The molecular formula is C25H38O4. The molecule has 4 heteroatoms. The van der Waals surface area contributed by atoms with Crippen LogP contribution in [0.1, 0.15) is 91.9 Å². The molecule has 4 rings (SSSR count). The van der Waals surface area contributed by atoms with Crippen molar-refractivity contribution in [3.05, 3.63) is 23.3 Å². The second kappa shape index (κ2) is 8.02. The lowest BCUT2D eigenvalue weighted by Crippen LogP contribution is -2.50. The molecule has 0 bridgehead atoms. The molecule has 0 amide bonds. The summed E-state index contributed by atoms with van der Waals surface area (Å²) in [5, 5.41) is 18.9. The molecule has 0 spiro atoms. The molecule has 4 aliphatic rings. The van der Waals surface area contributed by atoms with E-state index in [-0.39, 0.29) is 11.2 Å². The predicted molar refractivity (Wildman–Crippen MR) is 114 cm³/mol. The summed E-state index contributed by atoms with van der Waals surface area (Å²) >= 11 is 0. The van der Waals surface area contributed by atoms with Crippen molar-refractivity contribution in [2.75, 3.05) is 0 Å². The molecule has 29 heavy (non-hydrogen) atoms. The Kier molecular flexibility index (Phi) is 6.16. The average molecular weight is 403 g/mol. The number of hydrogen-bond donors (Lipinski definition) is 2. The van der Waals surface area contributed by atoms with Gasteiger partial charge in [0.25, 0.3) is 5.97 Å². The molecule has 0 aromatic carbocycles. The zero-order valence-corrected chi connectivity index (χ0v) is 18.6. The number of allylic oxidation sites excluding steroid dienone is 4. The highest BCUT2D eigenvalue weighted by Crippen LogP contribution is 2.66. The van der Waals surface area contributed by atoms with Crippen LogP contribution in [0.15, 0.2) is 23.3 Å². The van der Waals surface area contributed by atoms with E-state index in [0.29, 0.717) is 30.1 Å². The lowest BCUT2D eigenvalue weighted by molar-refractivity contribution is -0.134. The number of carbonyl (C=O) groups is 2. The molecule has 0 aliphatic heterocycles. The smallest absolute Gasteiger partial charge is 0.300 e. The van der Waals surface area contributed by atoms with Gasteiger partial charge in [-0.1, -0.05) is 37.1 Å². The van der Waals surface area contributed by atoms with E-state index < -0.39 is 11.6 Å². The van der Waals surface area contributed by atoms with Crippen LogP contribution in [0, 0.1) is 22.7 Å². The van der Waals surface area contributed by atoms with Gasteiger partial charge in [0.1, 0.15) is 5.78 Å². The largest absolute Gasteiger partial charge is 0.481 e. The minimum absolute atomic E-state index is 0.0527. The van der Waals surface area contributed by atoms with Crippen LogP contribution in [0.25, 0.3) is 0 Å². The number of fused-ring (bicyclic) bond motifs is 5. The molecule has 4 aliphatic carbocycles. The topological polar surface area (TPSA) is 74.6 Å². The third-order valence-corrected chi connectivity index (χ3v) is 8.61. The summed E-state index contributed by atoms with van der Waals surface area (Å²) in [6.07, 6.45) is 15.6. The van der Waals surface area contributed by atoms with Crippen LogP contribution in [0.4, 0.5) is 0 Å². The lowest BCUT2D eigenvalue weighted by Gasteiger charge is -2.55. The molecule has 4 nitrogen and oxygen atoms in total. The molecule has 0 radical (unpaired) electrons. The fourth-order valence-corrected chi connectivity index (χ4v) is 6.94. The fraction of sp³-hybridized carbons (Fsp3) is 0.760. The first-order valence-electron chi connectivity index (χ1n) is 11.3. The van der Waals surface area contributed by atoms with Crippen LogP contribution in [0.3, 0.4) is 0 Å². The molecule has 0 heterocycles. The molecule has 0 saturated heterocycles. The first kappa shape index (κ1) is 22.3. The van der Waals surface area contributed by atoms with Gasteiger partial charge in [-0.25, -0.2) is 0 Å². The van der Waals surface area contributed by atoms with Crippen molar-refractivity contribution in [1.29, 1.82) is 0 Å². The van der Waals surface area contributed by atoms with E-state index >= 15 is 0 Å². The molecule has 2 N–H and O–H groups in total. The van der Waals surface area contributed by atoms with E-state index in [1.54, 1.807) is 18.1 Å². The standard InChI is InChI=1S/C23H34O2.C2H4O2/c1-16(24)9-14-23(25)15-11-20-18-8-7-17-6-4-5-12-21(17,2)19(18)10-13-22(20,23)3;1-2(3)4/h6,10,18,20,25H,4-5,7-9,11-15H2,1-3H3;1H3,(H,3,4)/t18-,20+,21+,22+,23-;/m1./s1. The second-order valence-corrected chi connectivity index (χ2v) is 10.3. The van der Waals surface area contributed by atoms with Crippen LogP contribution in [-0.4, -0.2) is 27.6 Å². The van der Waals surface area contributed by atoms with Crippen LogP contribution in [-0.2, 0) is 9.59 Å². The van der Waals surface area contributed by atoms with Gasteiger partial charge in [0.15, 0.2) is 0 Å². The summed E-state index contributed by atoms with van der Waals surface area (Å²) in [5.74, 6) is 0.602. The van der Waals surface area contributed by atoms with Gasteiger partial charge in [0.05, 0.1) is 5.60 Å². The molecular weight excluding hydrogens is 364 g/mol. The van der Waals surface area contributed by atoms with Gasteiger partial charge in [0, 0.05) is 24.2 Å². The van der Waals surface area contributed by atoms with E-state index in [9.17, 15) is 9.90 Å². The van der Waals surface area contributed by atoms with E-state index in [1.165, 1.54) is 32.1 Å². The van der Waals surface area contributed by atoms with E-state index in [2.05, 4.69) is 26.0 Å². The maximum Gasteiger partial charge on any atom is 0.300 e. The first-order chi connectivity index (χ1) is 13.5. The van der Waals surface area contributed by atoms with Crippen molar-refractivity contribution in [1.82, 2.24) is 0 Å². The molecule has 0 unspecified atom stereocenters. The number of aliphatic carboxylic acids is 1.